The van der Waals surface area contributed by atoms with Crippen molar-refractivity contribution in [2.45, 2.75) is 25.4 Å². The van der Waals surface area contributed by atoms with Gasteiger partial charge in [0, 0.05) is 26.0 Å². The number of carboxylic acid groups (broad SMARTS) is 1. The zero-order valence-electron chi connectivity index (χ0n) is 13.9. The summed E-state index contributed by atoms with van der Waals surface area (Å²) in [5, 5.41) is 10.5. The Hall–Kier alpha value is -2.34. The van der Waals surface area contributed by atoms with Crippen LogP contribution >= 0.6 is 0 Å². The largest absolute Gasteiger partial charge is 0.480 e. The molecular weight excluding hydrogens is 308 g/mol. The van der Waals surface area contributed by atoms with Crippen LogP contribution in [-0.4, -0.2) is 53.5 Å². The number of para-hydroxylation sites is 1. The van der Waals surface area contributed by atoms with E-state index in [2.05, 4.69) is 0 Å². The van der Waals surface area contributed by atoms with Crippen molar-refractivity contribution >= 4 is 22.8 Å². The normalized spacial score (nSPS) is 21.8. The minimum Gasteiger partial charge on any atom is -0.480 e. The van der Waals surface area contributed by atoms with Gasteiger partial charge in [-0.25, -0.2) is 0 Å². The topological polar surface area (TPSA) is 74.0 Å². The molecule has 2 heterocycles. The van der Waals surface area contributed by atoms with E-state index in [9.17, 15) is 14.7 Å². The highest BCUT2D eigenvalue weighted by molar-refractivity contribution is 5.80. The first-order valence-electron chi connectivity index (χ1n) is 8.11. The van der Waals surface area contributed by atoms with Crippen LogP contribution in [0.4, 0.5) is 0 Å². The number of amides is 1. The van der Waals surface area contributed by atoms with Gasteiger partial charge in [0.15, 0.2) is 0 Å². The van der Waals surface area contributed by atoms with E-state index < -0.39 is 12.0 Å². The Labute approximate surface area is 140 Å². The molecule has 0 bridgehead atoms. The molecular formula is C18H22N2O4. The number of benzene rings is 1. The third kappa shape index (κ3) is 3.28. The standard InChI is InChI=1S/C18H22N2O4/c1-19(2)17(21)13-7-8-15(18(22)23)20(10-13)11-14-9-12-5-3-4-6-16(12)24-14/h3-6,9,13,15H,7-8,10-11H2,1-2H3,(H,22,23). The van der Waals surface area contributed by atoms with Gasteiger partial charge in [-0.05, 0) is 25.0 Å². The van der Waals surface area contributed by atoms with Crippen molar-refractivity contribution < 1.29 is 19.1 Å². The Kier molecular flexibility index (Phi) is 4.57. The molecule has 1 aliphatic rings. The lowest BCUT2D eigenvalue weighted by Crippen LogP contribution is -2.50. The Morgan fingerprint density at radius 1 is 1.29 bits per heavy atom. The van der Waals surface area contributed by atoms with Gasteiger partial charge >= 0.3 is 5.97 Å². The van der Waals surface area contributed by atoms with E-state index >= 15 is 0 Å². The van der Waals surface area contributed by atoms with Gasteiger partial charge < -0.3 is 14.4 Å². The van der Waals surface area contributed by atoms with Crippen molar-refractivity contribution in [1.82, 2.24) is 9.80 Å². The van der Waals surface area contributed by atoms with Gasteiger partial charge in [0.2, 0.25) is 5.91 Å². The number of hydrogen-bond donors (Lipinski definition) is 1. The summed E-state index contributed by atoms with van der Waals surface area (Å²) in [6, 6.07) is 9.06. The number of piperidine rings is 1. The number of likely N-dealkylation sites (tertiary alicyclic amines) is 1. The van der Waals surface area contributed by atoms with Crippen LogP contribution in [0.5, 0.6) is 0 Å². The first kappa shape index (κ1) is 16.5. The van der Waals surface area contributed by atoms with Crippen LogP contribution in [0.15, 0.2) is 34.7 Å². The zero-order chi connectivity index (χ0) is 17.3. The molecule has 1 saturated heterocycles. The molecule has 3 rings (SSSR count). The number of carboxylic acids is 1. The number of carbonyl (C=O) groups excluding carboxylic acids is 1. The minimum atomic E-state index is -0.845. The van der Waals surface area contributed by atoms with Crippen molar-refractivity contribution in [2.75, 3.05) is 20.6 Å². The van der Waals surface area contributed by atoms with Crippen LogP contribution in [0.3, 0.4) is 0 Å². The van der Waals surface area contributed by atoms with Crippen molar-refractivity contribution in [2.24, 2.45) is 5.92 Å². The molecule has 2 aromatic rings. The highest BCUT2D eigenvalue weighted by Gasteiger charge is 2.36. The first-order valence-corrected chi connectivity index (χ1v) is 8.11. The molecule has 1 fully saturated rings. The third-order valence-corrected chi connectivity index (χ3v) is 4.59. The second-order valence-electron chi connectivity index (χ2n) is 6.54. The molecule has 2 atom stereocenters. The van der Waals surface area contributed by atoms with Gasteiger partial charge in [-0.15, -0.1) is 0 Å². The summed E-state index contributed by atoms with van der Waals surface area (Å²) in [6.07, 6.45) is 1.07. The summed E-state index contributed by atoms with van der Waals surface area (Å²) in [7, 11) is 3.46. The fourth-order valence-electron chi connectivity index (χ4n) is 3.38. The Balaban J connectivity index is 1.80. The maximum Gasteiger partial charge on any atom is 0.320 e. The molecule has 0 aliphatic carbocycles. The molecule has 6 heteroatoms. The molecule has 2 unspecified atom stereocenters. The zero-order valence-corrected chi connectivity index (χ0v) is 13.9. The van der Waals surface area contributed by atoms with Crippen molar-refractivity contribution in [1.29, 1.82) is 0 Å². The van der Waals surface area contributed by atoms with Crippen molar-refractivity contribution in [3.8, 4) is 0 Å². The second-order valence-corrected chi connectivity index (χ2v) is 6.54. The molecule has 128 valence electrons. The maximum atomic E-state index is 12.2. The molecule has 0 spiro atoms. The van der Waals surface area contributed by atoms with Crippen LogP contribution in [0.2, 0.25) is 0 Å². The lowest BCUT2D eigenvalue weighted by molar-refractivity contribution is -0.148. The second kappa shape index (κ2) is 6.65. The van der Waals surface area contributed by atoms with Crippen LogP contribution in [0.25, 0.3) is 11.0 Å². The molecule has 6 nitrogen and oxygen atoms in total. The summed E-state index contributed by atoms with van der Waals surface area (Å²) in [5.74, 6) is -0.240. The van der Waals surface area contributed by atoms with E-state index in [0.29, 0.717) is 25.9 Å². The predicted octanol–water partition coefficient (Wildman–Crippen LogP) is 2.19. The minimum absolute atomic E-state index is 0.0495. The Morgan fingerprint density at radius 2 is 2.04 bits per heavy atom. The van der Waals surface area contributed by atoms with Gasteiger partial charge in [0.25, 0.3) is 0 Å². The van der Waals surface area contributed by atoms with Crippen LogP contribution in [0, 0.1) is 5.92 Å². The molecule has 1 N–H and O–H groups in total. The van der Waals surface area contributed by atoms with E-state index in [1.165, 1.54) is 0 Å². The number of aliphatic carboxylic acids is 1. The summed E-state index contributed by atoms with van der Waals surface area (Å²) < 4.78 is 5.81. The molecule has 1 aromatic heterocycles. The number of furan rings is 1. The van der Waals surface area contributed by atoms with Crippen LogP contribution in [0.1, 0.15) is 18.6 Å². The maximum absolute atomic E-state index is 12.2. The Morgan fingerprint density at radius 3 is 2.71 bits per heavy atom. The number of carbonyl (C=O) groups is 2. The predicted molar refractivity (Wildman–Crippen MR) is 89.5 cm³/mol. The van der Waals surface area contributed by atoms with E-state index in [0.717, 1.165) is 16.7 Å². The van der Waals surface area contributed by atoms with Crippen molar-refractivity contribution in [3.05, 3.63) is 36.1 Å². The fraction of sp³-hybridized carbons (Fsp3) is 0.444. The monoisotopic (exact) mass is 330 g/mol. The SMILES string of the molecule is CN(C)C(=O)C1CCC(C(=O)O)N(Cc2cc3ccccc3o2)C1. The van der Waals surface area contributed by atoms with Crippen LogP contribution < -0.4 is 0 Å². The van der Waals surface area contributed by atoms with Gasteiger partial charge in [0.1, 0.15) is 17.4 Å². The highest BCUT2D eigenvalue weighted by atomic mass is 16.4. The summed E-state index contributed by atoms with van der Waals surface area (Å²) >= 11 is 0. The van der Waals surface area contributed by atoms with E-state index in [4.69, 9.17) is 4.42 Å². The smallest absolute Gasteiger partial charge is 0.320 e. The van der Waals surface area contributed by atoms with E-state index in [1.54, 1.807) is 19.0 Å². The molecule has 1 aliphatic heterocycles. The molecule has 1 amide bonds. The highest BCUT2D eigenvalue weighted by Crippen LogP contribution is 2.27. The Bertz CT molecular complexity index is 719. The number of nitrogens with zero attached hydrogens (tertiary/aromatic N) is 2. The van der Waals surface area contributed by atoms with Crippen LogP contribution in [-0.2, 0) is 16.1 Å². The first-order chi connectivity index (χ1) is 11.5. The molecule has 0 radical (unpaired) electrons. The third-order valence-electron chi connectivity index (χ3n) is 4.59. The van der Waals surface area contributed by atoms with Gasteiger partial charge in [-0.3, -0.25) is 14.5 Å². The summed E-state index contributed by atoms with van der Waals surface area (Å²) in [5.41, 5.74) is 0.789. The quantitative estimate of drug-likeness (QED) is 0.930. The lowest BCUT2D eigenvalue weighted by Gasteiger charge is -2.37. The fourth-order valence-corrected chi connectivity index (χ4v) is 3.38. The van der Waals surface area contributed by atoms with Crippen molar-refractivity contribution in [3.63, 3.8) is 0 Å². The molecule has 24 heavy (non-hydrogen) atoms. The average molecular weight is 330 g/mol. The number of hydrogen-bond acceptors (Lipinski definition) is 4. The van der Waals surface area contributed by atoms with E-state index in [1.807, 2.05) is 35.2 Å². The van der Waals surface area contributed by atoms with Gasteiger partial charge in [-0.1, -0.05) is 18.2 Å². The number of fused-ring (bicyclic) bond motifs is 1. The summed E-state index contributed by atoms with van der Waals surface area (Å²) in [4.78, 5) is 27.2. The molecule has 1 aromatic carbocycles. The van der Waals surface area contributed by atoms with Gasteiger partial charge in [-0.2, -0.15) is 0 Å². The average Bonchev–Trinajstić information content (AvgIpc) is 2.95. The number of rotatable bonds is 4. The summed E-state index contributed by atoms with van der Waals surface area (Å²) in [6.45, 7) is 0.827. The van der Waals surface area contributed by atoms with Gasteiger partial charge in [0.05, 0.1) is 12.5 Å². The van der Waals surface area contributed by atoms with E-state index in [-0.39, 0.29) is 11.8 Å². The lowest BCUT2D eigenvalue weighted by atomic mass is 9.91. The molecule has 0 saturated carbocycles.